The van der Waals surface area contributed by atoms with Crippen LogP contribution in [0.15, 0.2) is 30.3 Å². The topological polar surface area (TPSA) is 81.8 Å². The molecule has 3 amide bonds. The van der Waals surface area contributed by atoms with Crippen LogP contribution in [0.3, 0.4) is 0 Å². The van der Waals surface area contributed by atoms with Crippen LogP contribution in [0.1, 0.15) is 43.5 Å². The Morgan fingerprint density at radius 3 is 2.45 bits per heavy atom. The van der Waals surface area contributed by atoms with E-state index >= 15 is 0 Å². The van der Waals surface area contributed by atoms with Crippen LogP contribution in [-0.2, 0) is 9.59 Å². The van der Waals surface area contributed by atoms with E-state index < -0.39 is 12.1 Å². The van der Waals surface area contributed by atoms with E-state index in [9.17, 15) is 14.4 Å². The molecule has 1 aromatic rings. The van der Waals surface area contributed by atoms with Gasteiger partial charge in [-0.3, -0.25) is 14.4 Å². The second kappa shape index (κ2) is 9.87. The monoisotopic (exact) mass is 400 g/mol. The number of rotatable bonds is 6. The van der Waals surface area contributed by atoms with Crippen LogP contribution in [0.4, 0.5) is 0 Å². The van der Waals surface area contributed by atoms with Crippen LogP contribution in [0.5, 0.6) is 0 Å². The van der Waals surface area contributed by atoms with Crippen molar-refractivity contribution in [3.05, 3.63) is 35.9 Å². The average molecular weight is 401 g/mol. The number of hydrogen-bond acceptors (Lipinski definition) is 4. The summed E-state index contributed by atoms with van der Waals surface area (Å²) in [6.45, 7) is 7.52. The molecule has 0 saturated carbocycles. The second-order valence-electron chi connectivity index (χ2n) is 8.29. The molecule has 2 heterocycles. The summed E-state index contributed by atoms with van der Waals surface area (Å²) in [6, 6.07) is 7.98. The van der Waals surface area contributed by atoms with Crippen molar-refractivity contribution in [2.24, 2.45) is 5.92 Å². The summed E-state index contributed by atoms with van der Waals surface area (Å²) >= 11 is 0. The van der Waals surface area contributed by atoms with Gasteiger partial charge in [0.25, 0.3) is 5.91 Å². The third-order valence-electron chi connectivity index (χ3n) is 5.59. The zero-order chi connectivity index (χ0) is 20.8. The minimum Gasteiger partial charge on any atom is -0.342 e. The molecule has 2 aliphatic rings. The molecule has 3 rings (SSSR count). The number of amides is 3. The highest BCUT2D eigenvalue weighted by Crippen LogP contribution is 2.21. The third kappa shape index (κ3) is 5.35. The molecule has 0 bridgehead atoms. The Morgan fingerprint density at radius 2 is 1.79 bits per heavy atom. The molecule has 0 aromatic heterocycles. The maximum Gasteiger partial charge on any atom is 0.254 e. The molecule has 1 aromatic carbocycles. The van der Waals surface area contributed by atoms with Crippen molar-refractivity contribution < 1.29 is 14.4 Å². The van der Waals surface area contributed by atoms with Crippen molar-refractivity contribution in [1.29, 1.82) is 0 Å². The molecule has 7 nitrogen and oxygen atoms in total. The Balaban J connectivity index is 1.69. The van der Waals surface area contributed by atoms with Gasteiger partial charge in [-0.1, -0.05) is 32.0 Å². The number of carbonyl (C=O) groups excluding carboxylic acids is 3. The normalized spacial score (nSPS) is 20.6. The molecule has 0 spiro atoms. The lowest BCUT2D eigenvalue weighted by Gasteiger charge is -2.33. The highest BCUT2D eigenvalue weighted by Gasteiger charge is 2.37. The van der Waals surface area contributed by atoms with Crippen molar-refractivity contribution in [3.8, 4) is 0 Å². The molecule has 0 radical (unpaired) electrons. The molecular weight excluding hydrogens is 368 g/mol. The number of carbonyl (C=O) groups is 3. The van der Waals surface area contributed by atoms with Gasteiger partial charge in [0.1, 0.15) is 12.1 Å². The first kappa shape index (κ1) is 21.3. The molecule has 2 atom stereocenters. The summed E-state index contributed by atoms with van der Waals surface area (Å²) in [5, 5.41) is 6.22. The predicted octanol–water partition coefficient (Wildman–Crippen LogP) is 1.25. The van der Waals surface area contributed by atoms with E-state index in [1.165, 1.54) is 0 Å². The fraction of sp³-hybridized carbons (Fsp3) is 0.591. The maximum absolute atomic E-state index is 13.1. The molecule has 2 aliphatic heterocycles. The highest BCUT2D eigenvalue weighted by atomic mass is 16.2. The lowest BCUT2D eigenvalue weighted by atomic mass is 10.0. The van der Waals surface area contributed by atoms with Crippen LogP contribution in [0.2, 0.25) is 0 Å². The molecule has 2 N–H and O–H groups in total. The Morgan fingerprint density at radius 1 is 1.10 bits per heavy atom. The van der Waals surface area contributed by atoms with E-state index in [1.54, 1.807) is 17.0 Å². The Hall–Kier alpha value is -2.41. The molecule has 7 heteroatoms. The number of nitrogens with zero attached hydrogens (tertiary/aromatic N) is 2. The Labute approximate surface area is 172 Å². The van der Waals surface area contributed by atoms with Gasteiger partial charge in [-0.25, -0.2) is 0 Å². The molecule has 2 saturated heterocycles. The van der Waals surface area contributed by atoms with E-state index in [0.29, 0.717) is 38.0 Å². The minimum absolute atomic E-state index is 0.0208. The van der Waals surface area contributed by atoms with Crippen molar-refractivity contribution >= 4 is 17.7 Å². The molecule has 0 aliphatic carbocycles. The maximum atomic E-state index is 13.1. The average Bonchev–Trinajstić information content (AvgIpc) is 3.23. The lowest BCUT2D eigenvalue weighted by molar-refractivity contribution is -0.138. The van der Waals surface area contributed by atoms with Crippen LogP contribution >= 0.6 is 0 Å². The summed E-state index contributed by atoms with van der Waals surface area (Å²) < 4.78 is 0. The van der Waals surface area contributed by atoms with Crippen LogP contribution in [0.25, 0.3) is 0 Å². The molecule has 2 fully saturated rings. The van der Waals surface area contributed by atoms with Gasteiger partial charge >= 0.3 is 0 Å². The van der Waals surface area contributed by atoms with E-state index in [-0.39, 0.29) is 23.6 Å². The fourth-order valence-corrected chi connectivity index (χ4v) is 4.10. The van der Waals surface area contributed by atoms with Crippen LogP contribution in [-0.4, -0.2) is 72.3 Å². The van der Waals surface area contributed by atoms with Crippen molar-refractivity contribution in [2.45, 2.75) is 45.2 Å². The zero-order valence-electron chi connectivity index (χ0n) is 17.4. The van der Waals surface area contributed by atoms with E-state index in [0.717, 1.165) is 19.5 Å². The van der Waals surface area contributed by atoms with Crippen LogP contribution in [0, 0.1) is 5.92 Å². The number of hydrogen-bond donors (Lipinski definition) is 2. The Bertz CT molecular complexity index is 716. The van der Waals surface area contributed by atoms with Gasteiger partial charge in [-0.15, -0.1) is 0 Å². The predicted molar refractivity (Wildman–Crippen MR) is 111 cm³/mol. The summed E-state index contributed by atoms with van der Waals surface area (Å²) in [5.74, 6) is -0.0942. The largest absolute Gasteiger partial charge is 0.342 e. The number of likely N-dealkylation sites (tertiary alicyclic amines) is 1. The number of nitrogens with one attached hydrogen (secondary N) is 2. The summed E-state index contributed by atoms with van der Waals surface area (Å²) in [6.07, 6.45) is 2.01. The van der Waals surface area contributed by atoms with Gasteiger partial charge in [0.15, 0.2) is 0 Å². The third-order valence-corrected chi connectivity index (χ3v) is 5.59. The van der Waals surface area contributed by atoms with E-state index in [2.05, 4.69) is 10.6 Å². The minimum atomic E-state index is -0.546. The van der Waals surface area contributed by atoms with Gasteiger partial charge in [0.2, 0.25) is 11.8 Å². The quantitative estimate of drug-likeness (QED) is 0.753. The molecule has 158 valence electrons. The van der Waals surface area contributed by atoms with Crippen molar-refractivity contribution in [2.75, 3.05) is 32.7 Å². The van der Waals surface area contributed by atoms with Crippen molar-refractivity contribution in [3.63, 3.8) is 0 Å². The number of benzene rings is 1. The molecule has 0 unspecified atom stereocenters. The fourth-order valence-electron chi connectivity index (χ4n) is 4.10. The lowest BCUT2D eigenvalue weighted by Crippen LogP contribution is -2.56. The second-order valence-corrected chi connectivity index (χ2v) is 8.29. The van der Waals surface area contributed by atoms with Gasteiger partial charge in [-0.2, -0.15) is 0 Å². The van der Waals surface area contributed by atoms with Crippen molar-refractivity contribution in [1.82, 2.24) is 20.4 Å². The smallest absolute Gasteiger partial charge is 0.254 e. The molecule has 29 heavy (non-hydrogen) atoms. The Kier molecular flexibility index (Phi) is 7.25. The standard InChI is InChI=1S/C22H32N4O3/c1-16(2)15-18(22(29)25-13-10-23-11-14-25)24-20(27)19-9-6-12-26(19)21(28)17-7-4-3-5-8-17/h3-5,7-8,16,18-19,23H,6,9-15H2,1-2H3,(H,24,27)/t18-,19-/m0/s1. The first-order chi connectivity index (χ1) is 14.0. The number of piperazine rings is 1. The molecular formula is C22H32N4O3. The van der Waals surface area contributed by atoms with Gasteiger partial charge in [0.05, 0.1) is 0 Å². The summed E-state index contributed by atoms with van der Waals surface area (Å²) in [5.41, 5.74) is 0.586. The first-order valence-electron chi connectivity index (χ1n) is 10.6. The van der Waals surface area contributed by atoms with Gasteiger partial charge in [0, 0.05) is 38.3 Å². The van der Waals surface area contributed by atoms with Gasteiger partial charge in [-0.05, 0) is 37.3 Å². The van der Waals surface area contributed by atoms with E-state index in [1.807, 2.05) is 36.9 Å². The van der Waals surface area contributed by atoms with Crippen LogP contribution < -0.4 is 10.6 Å². The van der Waals surface area contributed by atoms with E-state index in [4.69, 9.17) is 0 Å². The summed E-state index contributed by atoms with van der Waals surface area (Å²) in [7, 11) is 0. The summed E-state index contributed by atoms with van der Waals surface area (Å²) in [4.78, 5) is 42.4. The zero-order valence-corrected chi connectivity index (χ0v) is 17.4. The van der Waals surface area contributed by atoms with Gasteiger partial charge < -0.3 is 20.4 Å². The highest BCUT2D eigenvalue weighted by molar-refractivity contribution is 5.98. The first-order valence-corrected chi connectivity index (χ1v) is 10.6. The SMILES string of the molecule is CC(C)C[C@H](NC(=O)[C@@H]1CCCN1C(=O)c1ccccc1)C(=O)N1CCNCC1.